The number of ketones is 1. The topological polar surface area (TPSA) is 34.0 Å². The molecule has 1 aliphatic heterocycles. The number of rotatable bonds is 9. The van der Waals surface area contributed by atoms with Gasteiger partial charge in [-0.3, -0.25) is 4.79 Å². The van der Waals surface area contributed by atoms with E-state index in [9.17, 15) is 4.79 Å². The maximum absolute atomic E-state index is 12.4. The molecule has 0 amide bonds. The Labute approximate surface area is 129 Å². The van der Waals surface area contributed by atoms with Crippen LogP contribution < -0.4 is 5.32 Å². The van der Waals surface area contributed by atoms with Gasteiger partial charge in [0, 0.05) is 18.7 Å². The lowest BCUT2D eigenvalue weighted by molar-refractivity contribution is 0.0966. The number of nitrogens with one attached hydrogen (secondary N) is 1. The van der Waals surface area contributed by atoms with E-state index in [4.69, 9.17) is 0 Å². The Bertz CT molecular complexity index is 419. The Balaban J connectivity index is 1.78. The Hall–Kier alpha value is -1.09. The summed E-state index contributed by atoms with van der Waals surface area (Å²) in [6.45, 7) is 4.36. The van der Waals surface area contributed by atoms with Crippen LogP contribution in [0.15, 0.2) is 18.3 Å². The first-order valence-electron chi connectivity index (χ1n) is 8.73. The summed E-state index contributed by atoms with van der Waals surface area (Å²) in [6, 6.07) is 4.53. The van der Waals surface area contributed by atoms with Crippen molar-refractivity contribution in [2.45, 2.75) is 70.8 Å². The average Bonchev–Trinajstić information content (AvgIpc) is 3.01. The second-order valence-corrected chi connectivity index (χ2v) is 6.22. The zero-order valence-corrected chi connectivity index (χ0v) is 13.4. The Morgan fingerprint density at radius 1 is 1.19 bits per heavy atom. The lowest BCUT2D eigenvalue weighted by Crippen LogP contribution is -2.30. The normalized spacial score (nSPS) is 16.2. The van der Waals surface area contributed by atoms with Crippen LogP contribution in [0.1, 0.15) is 81.2 Å². The van der Waals surface area contributed by atoms with Gasteiger partial charge in [0.1, 0.15) is 0 Å². The summed E-state index contributed by atoms with van der Waals surface area (Å²) >= 11 is 0. The zero-order chi connectivity index (χ0) is 14.9. The van der Waals surface area contributed by atoms with Crippen molar-refractivity contribution in [3.05, 3.63) is 24.0 Å². The maximum Gasteiger partial charge on any atom is 0.179 e. The molecule has 0 saturated carbocycles. The number of hydrogen-bond acceptors (Lipinski definition) is 2. The van der Waals surface area contributed by atoms with Gasteiger partial charge in [-0.15, -0.1) is 0 Å². The fourth-order valence-electron chi connectivity index (χ4n) is 3.23. The molecular weight excluding hydrogens is 260 g/mol. The van der Waals surface area contributed by atoms with Gasteiger partial charge in [-0.25, -0.2) is 0 Å². The number of carbonyl (C=O) groups excluding carboxylic acids is 1. The molecule has 1 aliphatic rings. The van der Waals surface area contributed by atoms with Crippen LogP contribution in [0.4, 0.5) is 0 Å². The highest BCUT2D eigenvalue weighted by atomic mass is 16.1. The molecule has 118 valence electrons. The third-order valence-electron chi connectivity index (χ3n) is 4.52. The van der Waals surface area contributed by atoms with E-state index in [0.717, 1.165) is 38.0 Å². The molecule has 1 aromatic heterocycles. The smallest absolute Gasteiger partial charge is 0.179 e. The third-order valence-corrected chi connectivity index (χ3v) is 4.52. The first-order valence-corrected chi connectivity index (χ1v) is 8.73. The highest BCUT2D eigenvalue weighted by molar-refractivity contribution is 5.94. The van der Waals surface area contributed by atoms with Crippen LogP contribution in [0.3, 0.4) is 0 Å². The van der Waals surface area contributed by atoms with Crippen molar-refractivity contribution >= 4 is 5.78 Å². The maximum atomic E-state index is 12.4. The van der Waals surface area contributed by atoms with Crippen molar-refractivity contribution in [3.63, 3.8) is 0 Å². The summed E-state index contributed by atoms with van der Waals surface area (Å²) in [4.78, 5) is 12.4. The number of Topliss-reactive ketones (excluding diaryl/α,β-unsaturated/α-hetero) is 1. The van der Waals surface area contributed by atoms with E-state index in [-0.39, 0.29) is 0 Å². The van der Waals surface area contributed by atoms with Gasteiger partial charge >= 0.3 is 0 Å². The molecule has 1 aromatic rings. The summed E-state index contributed by atoms with van der Waals surface area (Å²) in [6.07, 6.45) is 12.5. The van der Waals surface area contributed by atoms with Crippen LogP contribution in [0.5, 0.6) is 0 Å². The number of piperidine rings is 1. The van der Waals surface area contributed by atoms with E-state index >= 15 is 0 Å². The highest BCUT2D eigenvalue weighted by Gasteiger charge is 2.19. The van der Waals surface area contributed by atoms with Gasteiger partial charge in [-0.2, -0.15) is 0 Å². The van der Waals surface area contributed by atoms with Crippen LogP contribution in [0, 0.1) is 0 Å². The second-order valence-electron chi connectivity index (χ2n) is 6.22. The van der Waals surface area contributed by atoms with E-state index < -0.39 is 0 Å². The number of carbonyl (C=O) groups is 1. The molecule has 3 heteroatoms. The SMILES string of the molecule is CCCCCCCCC(=O)c1cccn1C1CCNCC1. The summed E-state index contributed by atoms with van der Waals surface area (Å²) in [5.41, 5.74) is 0.926. The van der Waals surface area contributed by atoms with Crippen molar-refractivity contribution < 1.29 is 4.79 Å². The average molecular weight is 290 g/mol. The van der Waals surface area contributed by atoms with Crippen molar-refractivity contribution in [1.29, 1.82) is 0 Å². The Morgan fingerprint density at radius 3 is 2.67 bits per heavy atom. The van der Waals surface area contributed by atoms with Crippen LogP contribution >= 0.6 is 0 Å². The van der Waals surface area contributed by atoms with E-state index in [1.54, 1.807) is 0 Å². The van der Waals surface area contributed by atoms with E-state index in [1.165, 1.54) is 32.1 Å². The van der Waals surface area contributed by atoms with E-state index in [2.05, 4.69) is 23.0 Å². The molecule has 0 aliphatic carbocycles. The third kappa shape index (κ3) is 4.99. The molecule has 3 nitrogen and oxygen atoms in total. The van der Waals surface area contributed by atoms with Gasteiger partial charge in [-0.1, -0.05) is 39.0 Å². The van der Waals surface area contributed by atoms with Gasteiger partial charge in [-0.05, 0) is 44.5 Å². The molecule has 1 saturated heterocycles. The number of nitrogens with zero attached hydrogens (tertiary/aromatic N) is 1. The Kier molecular flexibility index (Phi) is 7.01. The first kappa shape index (κ1) is 16.3. The van der Waals surface area contributed by atoms with Gasteiger partial charge < -0.3 is 9.88 Å². The predicted molar refractivity (Wildman–Crippen MR) is 87.9 cm³/mol. The Morgan fingerprint density at radius 2 is 1.90 bits per heavy atom. The number of hydrogen-bond donors (Lipinski definition) is 1. The highest BCUT2D eigenvalue weighted by Crippen LogP contribution is 2.22. The van der Waals surface area contributed by atoms with E-state index in [0.29, 0.717) is 18.2 Å². The van der Waals surface area contributed by atoms with Crippen molar-refractivity contribution in [2.24, 2.45) is 0 Å². The summed E-state index contributed by atoms with van der Waals surface area (Å²) in [7, 11) is 0. The molecule has 0 aromatic carbocycles. The summed E-state index contributed by atoms with van der Waals surface area (Å²) < 4.78 is 2.22. The molecule has 0 bridgehead atoms. The quantitative estimate of drug-likeness (QED) is 0.542. The largest absolute Gasteiger partial charge is 0.342 e. The molecule has 1 fully saturated rings. The molecule has 0 atom stereocenters. The molecule has 1 N–H and O–H groups in total. The molecular formula is C18H30N2O. The second kappa shape index (κ2) is 9.04. The minimum atomic E-state index is 0.328. The minimum absolute atomic E-state index is 0.328. The molecule has 0 radical (unpaired) electrons. The molecule has 0 unspecified atom stereocenters. The van der Waals surface area contributed by atoms with Crippen LogP contribution in [-0.4, -0.2) is 23.4 Å². The fraction of sp³-hybridized carbons (Fsp3) is 0.722. The van der Waals surface area contributed by atoms with Gasteiger partial charge in [0.05, 0.1) is 5.69 Å². The van der Waals surface area contributed by atoms with Crippen LogP contribution in [0.2, 0.25) is 0 Å². The lowest BCUT2D eigenvalue weighted by atomic mass is 10.0. The van der Waals surface area contributed by atoms with Crippen LogP contribution in [-0.2, 0) is 0 Å². The van der Waals surface area contributed by atoms with Crippen molar-refractivity contribution in [2.75, 3.05) is 13.1 Å². The fourth-order valence-corrected chi connectivity index (χ4v) is 3.23. The van der Waals surface area contributed by atoms with Gasteiger partial charge in [0.2, 0.25) is 0 Å². The first-order chi connectivity index (χ1) is 10.3. The molecule has 21 heavy (non-hydrogen) atoms. The van der Waals surface area contributed by atoms with Crippen molar-refractivity contribution in [3.8, 4) is 0 Å². The predicted octanol–water partition coefficient (Wildman–Crippen LogP) is 4.35. The zero-order valence-electron chi connectivity index (χ0n) is 13.4. The summed E-state index contributed by atoms with van der Waals surface area (Å²) in [5, 5.41) is 3.39. The van der Waals surface area contributed by atoms with Gasteiger partial charge in [0.25, 0.3) is 0 Å². The number of unbranched alkanes of at least 4 members (excludes halogenated alkanes) is 5. The van der Waals surface area contributed by atoms with E-state index in [1.807, 2.05) is 12.1 Å². The minimum Gasteiger partial charge on any atom is -0.342 e. The van der Waals surface area contributed by atoms with Crippen molar-refractivity contribution in [1.82, 2.24) is 9.88 Å². The van der Waals surface area contributed by atoms with Gasteiger partial charge in [0.15, 0.2) is 5.78 Å². The number of aromatic nitrogens is 1. The summed E-state index contributed by atoms with van der Waals surface area (Å²) in [5.74, 6) is 0.328. The van der Waals surface area contributed by atoms with Crippen LogP contribution in [0.25, 0.3) is 0 Å². The molecule has 2 rings (SSSR count). The monoisotopic (exact) mass is 290 g/mol. The lowest BCUT2D eigenvalue weighted by Gasteiger charge is -2.25. The molecule has 2 heterocycles. The standard InChI is InChI=1S/C18H30N2O/c1-2-3-4-5-6-7-10-18(21)17-9-8-15-20(17)16-11-13-19-14-12-16/h8-9,15-16,19H,2-7,10-14H2,1H3. The molecule has 0 spiro atoms.